The summed E-state index contributed by atoms with van der Waals surface area (Å²) in [6, 6.07) is 7.85. The molecule has 0 saturated heterocycles. The first-order valence-electron chi connectivity index (χ1n) is 9.38. The second kappa shape index (κ2) is 13.8. The number of hydrogen-bond acceptors (Lipinski definition) is 2. The summed E-state index contributed by atoms with van der Waals surface area (Å²) in [6.07, 6.45) is 2.04. The van der Waals surface area contributed by atoms with E-state index in [-0.39, 0.29) is 35.9 Å². The van der Waals surface area contributed by atoms with Crippen molar-refractivity contribution in [3.8, 4) is 0 Å². The topological polar surface area (TPSA) is 65.5 Å². The largest absolute Gasteiger partial charge is 0.357 e. The lowest BCUT2D eigenvalue weighted by Gasteiger charge is -2.13. The van der Waals surface area contributed by atoms with Crippen molar-refractivity contribution in [3.05, 3.63) is 35.4 Å². The Morgan fingerprint density at radius 1 is 1.08 bits per heavy atom. The molecule has 26 heavy (non-hydrogen) atoms. The van der Waals surface area contributed by atoms with E-state index in [1.807, 2.05) is 31.2 Å². The fourth-order valence-corrected chi connectivity index (χ4v) is 2.16. The first kappa shape index (κ1) is 24.7. The van der Waals surface area contributed by atoms with Crippen molar-refractivity contribution in [2.75, 3.05) is 13.1 Å². The summed E-state index contributed by atoms with van der Waals surface area (Å²) in [5.41, 5.74) is 1.77. The molecule has 148 valence electrons. The molecule has 3 N–H and O–H groups in total. The maximum Gasteiger partial charge on any atom is 0.251 e. The molecule has 1 atom stereocenters. The summed E-state index contributed by atoms with van der Waals surface area (Å²) in [6.45, 7) is 12.9. The maximum absolute atomic E-state index is 12.1. The molecule has 0 heterocycles. The molecule has 0 spiro atoms. The molecule has 1 aromatic carbocycles. The van der Waals surface area contributed by atoms with Gasteiger partial charge in [0, 0.05) is 24.7 Å². The highest BCUT2D eigenvalue weighted by atomic mass is 127. The second-order valence-corrected chi connectivity index (χ2v) is 6.78. The molecule has 0 fully saturated rings. The molecule has 0 radical (unpaired) electrons. The Morgan fingerprint density at radius 2 is 1.73 bits per heavy atom. The summed E-state index contributed by atoms with van der Waals surface area (Å²) in [5.74, 6) is 1.49. The van der Waals surface area contributed by atoms with Crippen LogP contribution in [0.2, 0.25) is 0 Å². The minimum atomic E-state index is -0.0203. The summed E-state index contributed by atoms with van der Waals surface area (Å²) >= 11 is 0. The fraction of sp³-hybridized carbons (Fsp3) is 0.600. The van der Waals surface area contributed by atoms with E-state index in [1.54, 1.807) is 0 Å². The van der Waals surface area contributed by atoms with Crippen molar-refractivity contribution < 1.29 is 4.79 Å². The summed E-state index contributed by atoms with van der Waals surface area (Å²) in [5, 5.41) is 9.59. The molecule has 1 amide bonds. The van der Waals surface area contributed by atoms with Crippen LogP contribution in [0.5, 0.6) is 0 Å². The maximum atomic E-state index is 12.1. The third kappa shape index (κ3) is 9.99. The van der Waals surface area contributed by atoms with Crippen LogP contribution in [0.4, 0.5) is 0 Å². The lowest BCUT2D eigenvalue weighted by atomic mass is 10.1. The molecule has 0 bridgehead atoms. The average Bonchev–Trinajstić information content (AvgIpc) is 2.59. The van der Waals surface area contributed by atoms with E-state index in [0.717, 1.165) is 37.5 Å². The van der Waals surface area contributed by atoms with Gasteiger partial charge in [-0.05, 0) is 50.3 Å². The van der Waals surface area contributed by atoms with E-state index < -0.39 is 0 Å². The van der Waals surface area contributed by atoms with Gasteiger partial charge < -0.3 is 16.0 Å². The molecule has 0 aliphatic carbocycles. The van der Waals surface area contributed by atoms with Crippen LogP contribution in [0.15, 0.2) is 29.3 Å². The lowest BCUT2D eigenvalue weighted by Crippen LogP contribution is -2.38. The van der Waals surface area contributed by atoms with Crippen LogP contribution in [-0.4, -0.2) is 31.0 Å². The SMILES string of the molecule is CCNC(=NCc1ccc(C(=O)NC(C)CC)cc1)NCCC(C)C.I. The summed E-state index contributed by atoms with van der Waals surface area (Å²) in [7, 11) is 0. The number of amides is 1. The van der Waals surface area contributed by atoms with E-state index in [1.165, 1.54) is 0 Å². The standard InChI is InChI=1S/C20H34N4O.HI/c1-6-16(5)24-19(25)18-10-8-17(9-11-18)14-23-20(21-7-2)22-13-12-15(3)4;/h8-11,15-16H,6-7,12-14H2,1-5H3,(H,24,25)(H2,21,22,23);1H. The molecule has 0 aromatic heterocycles. The van der Waals surface area contributed by atoms with Crippen LogP contribution in [-0.2, 0) is 6.54 Å². The number of benzene rings is 1. The predicted octanol–water partition coefficient (Wildman–Crippen LogP) is 3.93. The Morgan fingerprint density at radius 3 is 2.27 bits per heavy atom. The van der Waals surface area contributed by atoms with Crippen molar-refractivity contribution in [1.82, 2.24) is 16.0 Å². The van der Waals surface area contributed by atoms with Crippen molar-refractivity contribution in [3.63, 3.8) is 0 Å². The van der Waals surface area contributed by atoms with E-state index >= 15 is 0 Å². The number of rotatable bonds is 9. The Bertz CT molecular complexity index is 543. The van der Waals surface area contributed by atoms with Crippen molar-refractivity contribution in [1.29, 1.82) is 0 Å². The van der Waals surface area contributed by atoms with Crippen molar-refractivity contribution in [2.24, 2.45) is 10.9 Å². The van der Waals surface area contributed by atoms with Crippen LogP contribution in [0.25, 0.3) is 0 Å². The highest BCUT2D eigenvalue weighted by Gasteiger charge is 2.08. The fourth-order valence-electron chi connectivity index (χ4n) is 2.16. The van der Waals surface area contributed by atoms with Crippen LogP contribution in [0, 0.1) is 5.92 Å². The summed E-state index contributed by atoms with van der Waals surface area (Å²) < 4.78 is 0. The van der Waals surface area contributed by atoms with E-state index in [9.17, 15) is 4.79 Å². The van der Waals surface area contributed by atoms with Gasteiger partial charge in [-0.25, -0.2) is 4.99 Å². The molecular weight excluding hydrogens is 439 g/mol. The Kier molecular flexibility index (Phi) is 13.1. The minimum Gasteiger partial charge on any atom is -0.357 e. The van der Waals surface area contributed by atoms with Gasteiger partial charge in [-0.15, -0.1) is 24.0 Å². The van der Waals surface area contributed by atoms with Gasteiger partial charge in [0.05, 0.1) is 6.54 Å². The van der Waals surface area contributed by atoms with Crippen molar-refractivity contribution >= 4 is 35.8 Å². The minimum absolute atomic E-state index is 0. The lowest BCUT2D eigenvalue weighted by molar-refractivity contribution is 0.0939. The number of guanidine groups is 1. The Labute approximate surface area is 175 Å². The summed E-state index contributed by atoms with van der Waals surface area (Å²) in [4.78, 5) is 16.7. The number of nitrogens with one attached hydrogen (secondary N) is 3. The van der Waals surface area contributed by atoms with Crippen LogP contribution in [0.1, 0.15) is 63.4 Å². The normalized spacial score (nSPS) is 12.3. The number of aliphatic imine (C=N–C) groups is 1. The predicted molar refractivity (Wildman–Crippen MR) is 121 cm³/mol. The monoisotopic (exact) mass is 474 g/mol. The zero-order chi connectivity index (χ0) is 18.7. The third-order valence-electron chi connectivity index (χ3n) is 3.98. The van der Waals surface area contributed by atoms with Gasteiger partial charge in [-0.3, -0.25) is 4.79 Å². The third-order valence-corrected chi connectivity index (χ3v) is 3.98. The van der Waals surface area contributed by atoms with Gasteiger partial charge in [0.15, 0.2) is 5.96 Å². The van der Waals surface area contributed by atoms with Crippen LogP contribution < -0.4 is 16.0 Å². The first-order valence-corrected chi connectivity index (χ1v) is 9.38. The zero-order valence-electron chi connectivity index (χ0n) is 16.8. The van der Waals surface area contributed by atoms with Crippen LogP contribution >= 0.6 is 24.0 Å². The number of hydrogen-bond donors (Lipinski definition) is 3. The Balaban J connectivity index is 0.00000625. The van der Waals surface area contributed by atoms with Gasteiger partial charge in [-0.1, -0.05) is 32.9 Å². The number of carbonyl (C=O) groups is 1. The highest BCUT2D eigenvalue weighted by Crippen LogP contribution is 2.07. The molecule has 0 aliphatic rings. The van der Waals surface area contributed by atoms with Gasteiger partial charge >= 0.3 is 0 Å². The van der Waals surface area contributed by atoms with Gasteiger partial charge in [0.1, 0.15) is 0 Å². The quantitative estimate of drug-likeness (QED) is 0.289. The van der Waals surface area contributed by atoms with Gasteiger partial charge in [-0.2, -0.15) is 0 Å². The molecule has 1 unspecified atom stereocenters. The highest BCUT2D eigenvalue weighted by molar-refractivity contribution is 14.0. The molecule has 0 aliphatic heterocycles. The smallest absolute Gasteiger partial charge is 0.251 e. The van der Waals surface area contributed by atoms with Gasteiger partial charge in [0.25, 0.3) is 5.91 Å². The number of carbonyl (C=O) groups excluding carboxylic acids is 1. The number of halogens is 1. The molecule has 1 aromatic rings. The van der Waals surface area contributed by atoms with Gasteiger partial charge in [0.2, 0.25) is 0 Å². The number of nitrogens with zero attached hydrogens (tertiary/aromatic N) is 1. The second-order valence-electron chi connectivity index (χ2n) is 6.78. The molecule has 1 rings (SSSR count). The molecule has 5 nitrogen and oxygen atoms in total. The molecular formula is C20H35IN4O. The van der Waals surface area contributed by atoms with E-state index in [0.29, 0.717) is 18.0 Å². The molecule has 0 saturated carbocycles. The first-order chi connectivity index (χ1) is 12.0. The van der Waals surface area contributed by atoms with Crippen LogP contribution in [0.3, 0.4) is 0 Å². The zero-order valence-corrected chi connectivity index (χ0v) is 19.1. The van der Waals surface area contributed by atoms with E-state index in [2.05, 4.69) is 48.6 Å². The van der Waals surface area contributed by atoms with E-state index in [4.69, 9.17) is 0 Å². The average molecular weight is 474 g/mol. The molecule has 6 heteroatoms. The Hall–Kier alpha value is -1.31. The van der Waals surface area contributed by atoms with Crippen molar-refractivity contribution in [2.45, 2.75) is 60.0 Å².